The van der Waals surface area contributed by atoms with Gasteiger partial charge in [0.2, 0.25) is 0 Å². The normalized spacial score (nSPS) is 14.4. The van der Waals surface area contributed by atoms with E-state index in [-0.39, 0.29) is 36.9 Å². The summed E-state index contributed by atoms with van der Waals surface area (Å²) >= 11 is 0. The molecule has 2 atom stereocenters. The molecule has 0 aromatic carbocycles. The molecular formula is C6H18Cl2N2. The fourth-order valence-corrected chi connectivity index (χ4v) is 0.605. The second-order valence-electron chi connectivity index (χ2n) is 2.14. The average molecular weight is 189 g/mol. The van der Waals surface area contributed by atoms with E-state index in [1.54, 1.807) is 0 Å². The Morgan fingerprint density at radius 1 is 0.900 bits per heavy atom. The van der Waals surface area contributed by atoms with Crippen molar-refractivity contribution in [3.63, 3.8) is 0 Å². The monoisotopic (exact) mass is 188 g/mol. The van der Waals surface area contributed by atoms with E-state index in [4.69, 9.17) is 11.5 Å². The van der Waals surface area contributed by atoms with Gasteiger partial charge in [-0.3, -0.25) is 0 Å². The van der Waals surface area contributed by atoms with Gasteiger partial charge in [0.1, 0.15) is 0 Å². The SMILES string of the molecule is CCC(N)C(N)CC.Cl.Cl. The van der Waals surface area contributed by atoms with E-state index in [1.807, 2.05) is 0 Å². The van der Waals surface area contributed by atoms with Crippen molar-refractivity contribution in [2.45, 2.75) is 38.8 Å². The van der Waals surface area contributed by atoms with E-state index in [2.05, 4.69) is 13.8 Å². The lowest BCUT2D eigenvalue weighted by Crippen LogP contribution is -2.40. The van der Waals surface area contributed by atoms with Gasteiger partial charge in [0, 0.05) is 12.1 Å². The van der Waals surface area contributed by atoms with Crippen molar-refractivity contribution in [2.75, 3.05) is 0 Å². The molecule has 10 heavy (non-hydrogen) atoms. The standard InChI is InChI=1S/C6H16N2.2ClH/c1-3-5(7)6(8)4-2;;/h5-6H,3-4,7-8H2,1-2H3;2*1H. The van der Waals surface area contributed by atoms with Crippen molar-refractivity contribution in [3.05, 3.63) is 0 Å². The van der Waals surface area contributed by atoms with Crippen LogP contribution in [0.3, 0.4) is 0 Å². The number of halogens is 2. The molecule has 0 aliphatic heterocycles. The fourth-order valence-electron chi connectivity index (χ4n) is 0.605. The maximum absolute atomic E-state index is 5.60. The molecule has 2 nitrogen and oxygen atoms in total. The van der Waals surface area contributed by atoms with Crippen LogP contribution in [0.4, 0.5) is 0 Å². The minimum absolute atomic E-state index is 0. The van der Waals surface area contributed by atoms with Gasteiger partial charge in [-0.2, -0.15) is 0 Å². The van der Waals surface area contributed by atoms with Crippen molar-refractivity contribution < 1.29 is 0 Å². The molecule has 0 aliphatic rings. The third-order valence-corrected chi connectivity index (χ3v) is 1.49. The lowest BCUT2D eigenvalue weighted by molar-refractivity contribution is 0.500. The zero-order chi connectivity index (χ0) is 6.57. The number of nitrogens with two attached hydrogens (primary N) is 2. The van der Waals surface area contributed by atoms with E-state index < -0.39 is 0 Å². The first-order chi connectivity index (χ1) is 3.72. The average Bonchev–Trinajstić information content (AvgIpc) is 1.84. The molecule has 66 valence electrons. The predicted octanol–water partition coefficient (Wildman–Crippen LogP) is 1.30. The van der Waals surface area contributed by atoms with Crippen LogP contribution in [0.1, 0.15) is 26.7 Å². The van der Waals surface area contributed by atoms with Gasteiger partial charge in [0.25, 0.3) is 0 Å². The van der Waals surface area contributed by atoms with Gasteiger partial charge in [-0.15, -0.1) is 24.8 Å². The van der Waals surface area contributed by atoms with Crippen LogP contribution in [0.15, 0.2) is 0 Å². The Kier molecular flexibility index (Phi) is 16.0. The van der Waals surface area contributed by atoms with Crippen LogP contribution >= 0.6 is 24.8 Å². The van der Waals surface area contributed by atoms with E-state index in [9.17, 15) is 0 Å². The third kappa shape index (κ3) is 6.62. The first-order valence-corrected chi connectivity index (χ1v) is 3.23. The topological polar surface area (TPSA) is 52.0 Å². The summed E-state index contributed by atoms with van der Waals surface area (Å²) in [4.78, 5) is 0. The van der Waals surface area contributed by atoms with Gasteiger partial charge in [-0.25, -0.2) is 0 Å². The smallest absolute Gasteiger partial charge is 0.0189 e. The Bertz CT molecular complexity index is 53.7. The maximum Gasteiger partial charge on any atom is 0.0189 e. The minimum atomic E-state index is 0. The zero-order valence-electron chi connectivity index (χ0n) is 6.54. The summed E-state index contributed by atoms with van der Waals surface area (Å²) in [6.45, 7) is 4.11. The predicted molar refractivity (Wildman–Crippen MR) is 51.0 cm³/mol. The molecule has 0 amide bonds. The molecule has 0 radical (unpaired) electrons. The molecule has 0 rings (SSSR count). The fraction of sp³-hybridized carbons (Fsp3) is 1.00. The number of hydrogen-bond acceptors (Lipinski definition) is 2. The maximum atomic E-state index is 5.60. The van der Waals surface area contributed by atoms with E-state index in [0.717, 1.165) is 12.8 Å². The molecular weight excluding hydrogens is 171 g/mol. The van der Waals surface area contributed by atoms with Gasteiger partial charge < -0.3 is 11.5 Å². The first kappa shape index (κ1) is 16.8. The highest BCUT2D eigenvalue weighted by molar-refractivity contribution is 5.85. The highest BCUT2D eigenvalue weighted by Gasteiger charge is 2.06. The van der Waals surface area contributed by atoms with Crippen molar-refractivity contribution in [1.82, 2.24) is 0 Å². The van der Waals surface area contributed by atoms with Crippen LogP contribution in [0.25, 0.3) is 0 Å². The first-order valence-electron chi connectivity index (χ1n) is 3.23. The number of hydrogen-bond donors (Lipinski definition) is 2. The summed E-state index contributed by atoms with van der Waals surface area (Å²) in [5.41, 5.74) is 11.2. The van der Waals surface area contributed by atoms with Gasteiger partial charge in [0.05, 0.1) is 0 Å². The van der Waals surface area contributed by atoms with Gasteiger partial charge in [-0.1, -0.05) is 13.8 Å². The largest absolute Gasteiger partial charge is 0.326 e. The van der Waals surface area contributed by atoms with Crippen LogP contribution in [0.2, 0.25) is 0 Å². The van der Waals surface area contributed by atoms with Crippen LogP contribution in [-0.2, 0) is 0 Å². The molecule has 4 N–H and O–H groups in total. The second kappa shape index (κ2) is 9.50. The Morgan fingerprint density at radius 2 is 1.10 bits per heavy atom. The molecule has 0 aromatic heterocycles. The van der Waals surface area contributed by atoms with Crippen molar-refractivity contribution in [1.29, 1.82) is 0 Å². The Hall–Kier alpha value is 0.500. The van der Waals surface area contributed by atoms with E-state index in [0.29, 0.717) is 0 Å². The molecule has 2 unspecified atom stereocenters. The van der Waals surface area contributed by atoms with Crippen molar-refractivity contribution >= 4 is 24.8 Å². The minimum Gasteiger partial charge on any atom is -0.326 e. The molecule has 0 saturated heterocycles. The van der Waals surface area contributed by atoms with Gasteiger partial charge in [0.15, 0.2) is 0 Å². The molecule has 0 aromatic rings. The van der Waals surface area contributed by atoms with Crippen molar-refractivity contribution in [3.8, 4) is 0 Å². The summed E-state index contributed by atoms with van der Waals surface area (Å²) in [6, 6.07) is 0.389. The summed E-state index contributed by atoms with van der Waals surface area (Å²) in [5.74, 6) is 0. The Morgan fingerprint density at radius 3 is 1.20 bits per heavy atom. The van der Waals surface area contributed by atoms with Crippen LogP contribution in [0, 0.1) is 0 Å². The van der Waals surface area contributed by atoms with Crippen molar-refractivity contribution in [2.24, 2.45) is 11.5 Å². The van der Waals surface area contributed by atoms with E-state index >= 15 is 0 Å². The molecule has 0 spiro atoms. The van der Waals surface area contributed by atoms with Gasteiger partial charge in [-0.05, 0) is 12.8 Å². The Labute approximate surface area is 75.5 Å². The molecule has 0 heterocycles. The summed E-state index contributed by atoms with van der Waals surface area (Å²) in [5, 5.41) is 0. The summed E-state index contributed by atoms with van der Waals surface area (Å²) in [7, 11) is 0. The Balaban J connectivity index is -0.000000245. The zero-order valence-corrected chi connectivity index (χ0v) is 8.17. The quantitative estimate of drug-likeness (QED) is 0.703. The number of rotatable bonds is 3. The second-order valence-corrected chi connectivity index (χ2v) is 2.14. The lowest BCUT2D eigenvalue weighted by atomic mass is 10.1. The lowest BCUT2D eigenvalue weighted by Gasteiger charge is -2.14. The van der Waals surface area contributed by atoms with Crippen LogP contribution in [0.5, 0.6) is 0 Å². The highest BCUT2D eigenvalue weighted by Crippen LogP contribution is 1.94. The molecule has 0 bridgehead atoms. The van der Waals surface area contributed by atoms with Gasteiger partial charge >= 0.3 is 0 Å². The third-order valence-electron chi connectivity index (χ3n) is 1.49. The molecule has 0 aliphatic carbocycles. The highest BCUT2D eigenvalue weighted by atomic mass is 35.5. The van der Waals surface area contributed by atoms with E-state index in [1.165, 1.54) is 0 Å². The molecule has 4 heteroatoms. The van der Waals surface area contributed by atoms with Crippen LogP contribution < -0.4 is 11.5 Å². The van der Waals surface area contributed by atoms with Crippen LogP contribution in [-0.4, -0.2) is 12.1 Å². The summed E-state index contributed by atoms with van der Waals surface area (Å²) < 4.78 is 0. The molecule has 0 saturated carbocycles. The summed E-state index contributed by atoms with van der Waals surface area (Å²) in [6.07, 6.45) is 1.96. The molecule has 0 fully saturated rings.